The lowest BCUT2D eigenvalue weighted by Crippen LogP contribution is -2.28. The van der Waals surface area contributed by atoms with Gasteiger partial charge in [-0.05, 0) is 66.8 Å². The van der Waals surface area contributed by atoms with Crippen LogP contribution in [0.25, 0.3) is 5.69 Å². The molecule has 3 heterocycles. The number of nitrogens with one attached hydrogen (secondary N) is 1. The van der Waals surface area contributed by atoms with E-state index in [0.29, 0.717) is 17.4 Å². The Labute approximate surface area is 262 Å². The van der Waals surface area contributed by atoms with Gasteiger partial charge in [0.15, 0.2) is 11.0 Å². The van der Waals surface area contributed by atoms with Crippen molar-refractivity contribution >= 4 is 40.6 Å². The number of aryl methyl sites for hydroxylation is 2. The summed E-state index contributed by atoms with van der Waals surface area (Å²) in [4.78, 5) is 27.5. The number of halogens is 1. The summed E-state index contributed by atoms with van der Waals surface area (Å²) in [6.07, 6.45) is 0.634. The molecule has 6 rings (SSSR count). The quantitative estimate of drug-likeness (QED) is 0.190. The Morgan fingerprint density at radius 1 is 0.977 bits per heavy atom. The number of carbonyl (C=O) groups excluding carboxylic acids is 2. The molecule has 2 aromatic heterocycles. The van der Waals surface area contributed by atoms with Crippen LogP contribution in [0.15, 0.2) is 101 Å². The number of carbonyl (C=O) groups is 2. The highest BCUT2D eigenvalue weighted by molar-refractivity contribution is 7.99. The van der Waals surface area contributed by atoms with Crippen LogP contribution in [0.5, 0.6) is 0 Å². The zero-order valence-electron chi connectivity index (χ0n) is 24.1. The average Bonchev–Trinajstić information content (AvgIpc) is 3.79. The van der Waals surface area contributed by atoms with Crippen molar-refractivity contribution in [3.8, 4) is 5.69 Å². The molecule has 0 saturated carbocycles. The molecule has 0 saturated heterocycles. The Balaban J connectivity index is 1.24. The van der Waals surface area contributed by atoms with Gasteiger partial charge >= 0.3 is 0 Å². The molecular formula is C33H29FN6O2S2. The lowest BCUT2D eigenvalue weighted by Gasteiger charge is -2.22. The highest BCUT2D eigenvalue weighted by Gasteiger charge is 2.33. The molecule has 5 aromatic rings. The smallest absolute Gasteiger partial charge is 0.253 e. The topological polar surface area (TPSA) is 92.5 Å². The van der Waals surface area contributed by atoms with Gasteiger partial charge in [-0.1, -0.05) is 65.9 Å². The molecule has 1 unspecified atom stereocenters. The lowest BCUT2D eigenvalue weighted by atomic mass is 10.00. The normalized spacial score (nSPS) is 14.5. The zero-order valence-corrected chi connectivity index (χ0v) is 25.7. The maximum atomic E-state index is 13.7. The third-order valence-corrected chi connectivity index (χ3v) is 9.05. The van der Waals surface area contributed by atoms with Crippen LogP contribution >= 0.6 is 23.1 Å². The molecule has 0 aliphatic carbocycles. The Morgan fingerprint density at radius 2 is 1.80 bits per heavy atom. The van der Waals surface area contributed by atoms with E-state index in [1.165, 1.54) is 30.0 Å². The van der Waals surface area contributed by atoms with E-state index in [1.54, 1.807) is 22.4 Å². The number of rotatable bonds is 9. The lowest BCUT2D eigenvalue weighted by molar-refractivity contribution is -0.130. The summed E-state index contributed by atoms with van der Waals surface area (Å²) < 4.78 is 15.5. The molecule has 44 heavy (non-hydrogen) atoms. The van der Waals surface area contributed by atoms with Crippen molar-refractivity contribution in [2.24, 2.45) is 5.10 Å². The minimum atomic E-state index is -0.488. The van der Waals surface area contributed by atoms with Crippen LogP contribution in [0.3, 0.4) is 0 Å². The number of aromatic nitrogens is 3. The molecule has 1 aliphatic heterocycles. The monoisotopic (exact) mass is 624 g/mol. The number of amides is 2. The first-order chi connectivity index (χ1) is 21.4. The predicted molar refractivity (Wildman–Crippen MR) is 171 cm³/mol. The average molecular weight is 625 g/mol. The third kappa shape index (κ3) is 6.48. The molecule has 1 N–H and O–H groups in total. The van der Waals surface area contributed by atoms with Crippen molar-refractivity contribution in [2.45, 2.75) is 38.0 Å². The van der Waals surface area contributed by atoms with Crippen LogP contribution in [-0.2, 0) is 11.3 Å². The molecule has 1 atom stereocenters. The van der Waals surface area contributed by atoms with Gasteiger partial charge in [-0.25, -0.2) is 9.40 Å². The van der Waals surface area contributed by atoms with E-state index in [-0.39, 0.29) is 29.8 Å². The van der Waals surface area contributed by atoms with Crippen molar-refractivity contribution < 1.29 is 14.0 Å². The number of benzene rings is 3. The summed E-state index contributed by atoms with van der Waals surface area (Å²) in [6, 6.07) is 25.3. The van der Waals surface area contributed by atoms with Crippen molar-refractivity contribution in [1.82, 2.24) is 25.1 Å². The van der Waals surface area contributed by atoms with Crippen LogP contribution in [0.4, 0.5) is 4.39 Å². The molecule has 11 heteroatoms. The van der Waals surface area contributed by atoms with E-state index in [4.69, 9.17) is 5.10 Å². The Kier molecular flexibility index (Phi) is 8.67. The van der Waals surface area contributed by atoms with Gasteiger partial charge in [0.1, 0.15) is 5.82 Å². The van der Waals surface area contributed by atoms with Gasteiger partial charge in [-0.3, -0.25) is 14.2 Å². The van der Waals surface area contributed by atoms with Crippen LogP contribution in [0.1, 0.15) is 50.2 Å². The standard InChI is InChI=1S/C33H29FN6O2S2/c1-21-11-13-23(14-12-21)28-18-27(29-10-5-15-43-29)38-40(28)31(41)20-44-33-37-36-30(39(33)26-9-3-6-22(2)16-26)19-35-32(42)24-7-4-8-25(34)17-24/h3-17,28H,18-20H2,1-2H3,(H,35,42). The highest BCUT2D eigenvalue weighted by atomic mass is 32.2. The molecule has 3 aromatic carbocycles. The van der Waals surface area contributed by atoms with Crippen LogP contribution in [-0.4, -0.2) is 43.1 Å². The molecular weight excluding hydrogens is 596 g/mol. The SMILES string of the molecule is Cc1ccc(C2CC(c3cccs3)=NN2C(=O)CSc2nnc(CNC(=O)c3cccc(F)c3)n2-c2cccc(C)c2)cc1. The van der Waals surface area contributed by atoms with Crippen molar-refractivity contribution in [2.75, 3.05) is 5.75 Å². The Bertz CT molecular complexity index is 1840. The molecule has 8 nitrogen and oxygen atoms in total. The minimum Gasteiger partial charge on any atom is -0.345 e. The molecule has 0 bridgehead atoms. The highest BCUT2D eigenvalue weighted by Crippen LogP contribution is 2.35. The van der Waals surface area contributed by atoms with Gasteiger partial charge in [0.2, 0.25) is 0 Å². The summed E-state index contributed by atoms with van der Waals surface area (Å²) in [7, 11) is 0. The van der Waals surface area contributed by atoms with E-state index < -0.39 is 11.7 Å². The molecule has 2 amide bonds. The van der Waals surface area contributed by atoms with Gasteiger partial charge in [0.25, 0.3) is 11.8 Å². The second-order valence-electron chi connectivity index (χ2n) is 10.4. The van der Waals surface area contributed by atoms with Gasteiger partial charge in [-0.15, -0.1) is 21.5 Å². The van der Waals surface area contributed by atoms with E-state index in [0.717, 1.165) is 33.0 Å². The molecule has 222 valence electrons. The fraction of sp³-hybridized carbons (Fsp3) is 0.182. The first-order valence-corrected chi connectivity index (χ1v) is 15.9. The first kappa shape index (κ1) is 29.5. The number of nitrogens with zero attached hydrogens (tertiary/aromatic N) is 5. The van der Waals surface area contributed by atoms with Gasteiger partial charge < -0.3 is 5.32 Å². The second kappa shape index (κ2) is 12.9. The van der Waals surface area contributed by atoms with Gasteiger partial charge in [0.05, 0.1) is 28.9 Å². The van der Waals surface area contributed by atoms with Crippen LogP contribution < -0.4 is 5.32 Å². The molecule has 0 radical (unpaired) electrons. The summed E-state index contributed by atoms with van der Waals surface area (Å²) >= 11 is 2.87. The summed E-state index contributed by atoms with van der Waals surface area (Å²) in [6.45, 7) is 4.08. The van der Waals surface area contributed by atoms with Gasteiger partial charge in [-0.2, -0.15) is 5.10 Å². The third-order valence-electron chi connectivity index (χ3n) is 7.21. The molecule has 0 fully saturated rings. The number of hydrogen-bond donors (Lipinski definition) is 1. The molecule has 0 spiro atoms. The van der Waals surface area contributed by atoms with Crippen molar-refractivity contribution in [1.29, 1.82) is 0 Å². The first-order valence-electron chi connectivity index (χ1n) is 14.0. The number of thioether (sulfide) groups is 1. The van der Waals surface area contributed by atoms with E-state index in [2.05, 4.69) is 39.8 Å². The Morgan fingerprint density at radius 3 is 2.55 bits per heavy atom. The number of hydrogen-bond acceptors (Lipinski definition) is 7. The number of hydrazone groups is 1. The maximum absolute atomic E-state index is 13.7. The summed E-state index contributed by atoms with van der Waals surface area (Å²) in [5, 5.41) is 20.4. The van der Waals surface area contributed by atoms with Crippen LogP contribution in [0.2, 0.25) is 0 Å². The minimum absolute atomic E-state index is 0.0564. The zero-order chi connectivity index (χ0) is 30.6. The summed E-state index contributed by atoms with van der Waals surface area (Å²) in [5.41, 5.74) is 5.12. The largest absolute Gasteiger partial charge is 0.345 e. The van der Waals surface area contributed by atoms with E-state index in [1.807, 2.05) is 60.2 Å². The van der Waals surface area contributed by atoms with Crippen molar-refractivity contribution in [3.63, 3.8) is 0 Å². The van der Waals surface area contributed by atoms with Crippen molar-refractivity contribution in [3.05, 3.63) is 129 Å². The predicted octanol–water partition coefficient (Wildman–Crippen LogP) is 6.48. The van der Waals surface area contributed by atoms with Crippen LogP contribution in [0, 0.1) is 19.7 Å². The number of thiophene rings is 1. The maximum Gasteiger partial charge on any atom is 0.253 e. The second-order valence-corrected chi connectivity index (χ2v) is 12.3. The summed E-state index contributed by atoms with van der Waals surface area (Å²) in [5.74, 6) is -0.496. The van der Waals surface area contributed by atoms with Gasteiger partial charge in [0, 0.05) is 17.7 Å². The Hall–Kier alpha value is -4.61. The fourth-order valence-corrected chi connectivity index (χ4v) is 6.54. The van der Waals surface area contributed by atoms with E-state index in [9.17, 15) is 14.0 Å². The molecule has 1 aliphatic rings. The van der Waals surface area contributed by atoms with E-state index >= 15 is 0 Å². The fourth-order valence-electron chi connectivity index (χ4n) is 5.00.